The van der Waals surface area contributed by atoms with Crippen LogP contribution in [0.15, 0.2) is 76.7 Å². The van der Waals surface area contributed by atoms with Gasteiger partial charge in [-0.3, -0.25) is 14.2 Å². The van der Waals surface area contributed by atoms with Crippen LogP contribution in [0.2, 0.25) is 0 Å². The number of ether oxygens (including phenoxy) is 1. The average molecular weight is 486 g/mol. The van der Waals surface area contributed by atoms with Crippen molar-refractivity contribution in [2.24, 2.45) is 0 Å². The minimum absolute atomic E-state index is 0.0367. The van der Waals surface area contributed by atoms with Crippen LogP contribution in [0.3, 0.4) is 0 Å². The van der Waals surface area contributed by atoms with Gasteiger partial charge in [-0.2, -0.15) is 0 Å². The molecule has 0 bridgehead atoms. The van der Waals surface area contributed by atoms with Crippen molar-refractivity contribution < 1.29 is 9.53 Å². The molecule has 1 atom stereocenters. The predicted molar refractivity (Wildman–Crippen MR) is 140 cm³/mol. The fourth-order valence-corrected chi connectivity index (χ4v) is 5.53. The second-order valence-electron chi connectivity index (χ2n) is 8.77. The Balaban J connectivity index is 1.54. The first-order valence-electron chi connectivity index (χ1n) is 11.7. The van der Waals surface area contributed by atoms with Gasteiger partial charge in [0.05, 0.1) is 29.0 Å². The number of benzene rings is 3. The molecule has 1 aliphatic heterocycles. The number of methoxy groups -OCH3 is 1. The van der Waals surface area contributed by atoms with Gasteiger partial charge >= 0.3 is 0 Å². The zero-order chi connectivity index (χ0) is 24.5. The van der Waals surface area contributed by atoms with Crippen LogP contribution in [0.4, 0.5) is 0 Å². The number of hydrogen-bond donors (Lipinski definition) is 0. The lowest BCUT2D eigenvalue weighted by Crippen LogP contribution is -2.40. The van der Waals surface area contributed by atoms with Crippen molar-refractivity contribution in [1.29, 1.82) is 0 Å². The van der Waals surface area contributed by atoms with E-state index < -0.39 is 5.25 Å². The molecule has 3 aromatic carbocycles. The second kappa shape index (κ2) is 9.58. The Morgan fingerprint density at radius 3 is 2.60 bits per heavy atom. The first-order chi connectivity index (χ1) is 17.0. The van der Waals surface area contributed by atoms with E-state index in [1.807, 2.05) is 67.3 Å². The SMILES string of the molecule is COc1ccc(C)cc1-n1c(S[C@@H](C)C(=O)N2CCc3ccccc3C2)nc2ccccc2c1=O. The number of amides is 1. The zero-order valence-electron chi connectivity index (χ0n) is 20.0. The van der Waals surface area contributed by atoms with Crippen molar-refractivity contribution in [2.75, 3.05) is 13.7 Å². The lowest BCUT2D eigenvalue weighted by atomic mass is 10.00. The van der Waals surface area contributed by atoms with Crippen molar-refractivity contribution in [1.82, 2.24) is 14.5 Å². The molecule has 0 unspecified atom stereocenters. The van der Waals surface area contributed by atoms with E-state index in [0.29, 0.717) is 40.6 Å². The molecule has 0 N–H and O–H groups in total. The summed E-state index contributed by atoms with van der Waals surface area (Å²) in [5, 5.41) is 0.568. The molecular weight excluding hydrogens is 458 g/mol. The lowest BCUT2D eigenvalue weighted by molar-refractivity contribution is -0.131. The van der Waals surface area contributed by atoms with E-state index >= 15 is 0 Å². The molecule has 2 heterocycles. The predicted octanol–water partition coefficient (Wildman–Crippen LogP) is 4.77. The van der Waals surface area contributed by atoms with Gasteiger partial charge in [0.1, 0.15) is 5.75 Å². The molecular formula is C28H27N3O3S. The number of rotatable bonds is 5. The lowest BCUT2D eigenvalue weighted by Gasteiger charge is -2.30. The molecule has 0 radical (unpaired) electrons. The number of carbonyl (C=O) groups is 1. The monoisotopic (exact) mass is 485 g/mol. The molecule has 35 heavy (non-hydrogen) atoms. The summed E-state index contributed by atoms with van der Waals surface area (Å²) in [4.78, 5) is 33.8. The molecule has 4 aromatic rings. The molecule has 0 saturated heterocycles. The van der Waals surface area contributed by atoms with Crippen molar-refractivity contribution in [3.63, 3.8) is 0 Å². The minimum Gasteiger partial charge on any atom is -0.495 e. The first-order valence-corrected chi connectivity index (χ1v) is 12.5. The van der Waals surface area contributed by atoms with Gasteiger partial charge in [0.2, 0.25) is 5.91 Å². The van der Waals surface area contributed by atoms with Crippen LogP contribution in [0, 0.1) is 6.92 Å². The molecule has 1 aromatic heterocycles. The Labute approximate surface area is 208 Å². The Kier molecular flexibility index (Phi) is 6.34. The molecule has 1 aliphatic rings. The fourth-order valence-electron chi connectivity index (χ4n) is 4.53. The normalized spacial score (nSPS) is 14.0. The Hall–Kier alpha value is -3.58. The summed E-state index contributed by atoms with van der Waals surface area (Å²) in [6, 6.07) is 21.3. The maximum Gasteiger partial charge on any atom is 0.266 e. The summed E-state index contributed by atoms with van der Waals surface area (Å²) in [6.45, 7) is 5.14. The largest absolute Gasteiger partial charge is 0.495 e. The van der Waals surface area contributed by atoms with Crippen LogP contribution in [0.25, 0.3) is 16.6 Å². The highest BCUT2D eigenvalue weighted by Crippen LogP contribution is 2.31. The molecule has 1 amide bonds. The summed E-state index contributed by atoms with van der Waals surface area (Å²) >= 11 is 1.31. The molecule has 7 heteroatoms. The topological polar surface area (TPSA) is 64.4 Å². The number of nitrogens with zero attached hydrogens (tertiary/aromatic N) is 3. The van der Waals surface area contributed by atoms with E-state index in [9.17, 15) is 9.59 Å². The molecule has 5 rings (SSSR count). The van der Waals surface area contributed by atoms with Gasteiger partial charge in [0.15, 0.2) is 5.16 Å². The van der Waals surface area contributed by atoms with E-state index in [1.165, 1.54) is 22.9 Å². The molecule has 0 fully saturated rings. The van der Waals surface area contributed by atoms with Crippen molar-refractivity contribution in [3.8, 4) is 11.4 Å². The Morgan fingerprint density at radius 2 is 1.80 bits per heavy atom. The second-order valence-corrected chi connectivity index (χ2v) is 10.1. The van der Waals surface area contributed by atoms with Crippen LogP contribution < -0.4 is 10.3 Å². The van der Waals surface area contributed by atoms with Gasteiger partial charge in [-0.05, 0) is 61.2 Å². The molecule has 0 spiro atoms. The standard InChI is InChI=1S/C28H27N3O3S/c1-18-12-13-25(34-3)24(16-18)31-27(33)22-10-6-7-11-23(22)29-28(31)35-19(2)26(32)30-15-14-20-8-4-5-9-21(20)17-30/h4-13,16,19H,14-15,17H2,1-3H3/t19-/m0/s1. The van der Waals surface area contributed by atoms with Gasteiger partial charge < -0.3 is 9.64 Å². The highest BCUT2D eigenvalue weighted by Gasteiger charge is 2.27. The molecule has 0 saturated carbocycles. The molecule has 6 nitrogen and oxygen atoms in total. The van der Waals surface area contributed by atoms with Gasteiger partial charge in [0, 0.05) is 13.1 Å². The number of hydrogen-bond acceptors (Lipinski definition) is 5. The molecule has 178 valence electrons. The maximum atomic E-state index is 13.7. The number of fused-ring (bicyclic) bond motifs is 2. The Morgan fingerprint density at radius 1 is 1.06 bits per heavy atom. The third-order valence-corrected chi connectivity index (χ3v) is 7.43. The van der Waals surface area contributed by atoms with Crippen LogP contribution >= 0.6 is 11.8 Å². The van der Waals surface area contributed by atoms with Gasteiger partial charge in [-0.1, -0.05) is 54.2 Å². The number of aryl methyl sites for hydroxylation is 1. The third-order valence-electron chi connectivity index (χ3n) is 6.39. The van der Waals surface area contributed by atoms with Crippen LogP contribution in [0.5, 0.6) is 5.75 Å². The van der Waals surface area contributed by atoms with Crippen LogP contribution in [-0.4, -0.2) is 39.3 Å². The van der Waals surface area contributed by atoms with Gasteiger partial charge in [-0.25, -0.2) is 4.98 Å². The average Bonchev–Trinajstić information content (AvgIpc) is 2.88. The van der Waals surface area contributed by atoms with Crippen molar-refractivity contribution in [2.45, 2.75) is 37.2 Å². The van der Waals surface area contributed by atoms with Crippen molar-refractivity contribution >= 4 is 28.6 Å². The van der Waals surface area contributed by atoms with E-state index in [2.05, 4.69) is 12.1 Å². The molecule has 0 aliphatic carbocycles. The quantitative estimate of drug-likeness (QED) is 0.301. The van der Waals surface area contributed by atoms with E-state index in [1.54, 1.807) is 17.7 Å². The minimum atomic E-state index is -0.421. The first kappa shape index (κ1) is 23.2. The number of thioether (sulfide) groups is 1. The number of para-hydroxylation sites is 1. The van der Waals surface area contributed by atoms with Crippen LogP contribution in [0.1, 0.15) is 23.6 Å². The smallest absolute Gasteiger partial charge is 0.266 e. The van der Waals surface area contributed by atoms with Gasteiger partial charge in [0.25, 0.3) is 5.56 Å². The summed E-state index contributed by atoms with van der Waals surface area (Å²) in [7, 11) is 1.58. The summed E-state index contributed by atoms with van der Waals surface area (Å²) in [5.74, 6) is 0.609. The van der Waals surface area contributed by atoms with E-state index in [0.717, 1.165) is 12.0 Å². The fraction of sp³-hybridized carbons (Fsp3) is 0.250. The third kappa shape index (κ3) is 4.44. The number of carbonyl (C=O) groups excluding carboxylic acids is 1. The van der Waals surface area contributed by atoms with E-state index in [4.69, 9.17) is 9.72 Å². The van der Waals surface area contributed by atoms with Crippen molar-refractivity contribution in [3.05, 3.63) is 93.8 Å². The van der Waals surface area contributed by atoms with Crippen LogP contribution in [-0.2, 0) is 17.8 Å². The maximum absolute atomic E-state index is 13.7. The highest BCUT2D eigenvalue weighted by molar-refractivity contribution is 8.00. The Bertz CT molecular complexity index is 1480. The number of aromatic nitrogens is 2. The van der Waals surface area contributed by atoms with Gasteiger partial charge in [-0.15, -0.1) is 0 Å². The summed E-state index contributed by atoms with van der Waals surface area (Å²) in [5.41, 5.74) is 4.52. The van der Waals surface area contributed by atoms with E-state index in [-0.39, 0.29) is 11.5 Å². The zero-order valence-corrected chi connectivity index (χ0v) is 20.8. The summed E-state index contributed by atoms with van der Waals surface area (Å²) in [6.07, 6.45) is 0.846. The summed E-state index contributed by atoms with van der Waals surface area (Å²) < 4.78 is 7.16. The highest BCUT2D eigenvalue weighted by atomic mass is 32.2.